The van der Waals surface area contributed by atoms with Crippen LogP contribution in [0.4, 0.5) is 0 Å². The zero-order valence-electron chi connectivity index (χ0n) is 13.5. The molecule has 1 aliphatic carbocycles. The fourth-order valence-electron chi connectivity index (χ4n) is 4.05. The SMILES string of the molecule is O=C(O)C1CCC(C(=O)N2CCCC2Cc2ccccc2)CC1. The van der Waals surface area contributed by atoms with Gasteiger partial charge in [-0.25, -0.2) is 0 Å². The van der Waals surface area contributed by atoms with E-state index < -0.39 is 5.97 Å². The Morgan fingerprint density at radius 2 is 1.65 bits per heavy atom. The molecule has 124 valence electrons. The van der Waals surface area contributed by atoms with Gasteiger partial charge in [-0.2, -0.15) is 0 Å². The Labute approximate surface area is 137 Å². The van der Waals surface area contributed by atoms with E-state index in [1.807, 2.05) is 18.2 Å². The van der Waals surface area contributed by atoms with Crippen molar-refractivity contribution in [1.82, 2.24) is 4.90 Å². The molecule has 3 rings (SSSR count). The van der Waals surface area contributed by atoms with Crippen molar-refractivity contribution < 1.29 is 14.7 Å². The number of likely N-dealkylation sites (tertiary alicyclic amines) is 1. The predicted molar refractivity (Wildman–Crippen MR) is 88.0 cm³/mol. The monoisotopic (exact) mass is 315 g/mol. The first-order valence-corrected chi connectivity index (χ1v) is 8.72. The highest BCUT2D eigenvalue weighted by Crippen LogP contribution is 2.32. The number of benzene rings is 1. The Morgan fingerprint density at radius 1 is 1.00 bits per heavy atom. The summed E-state index contributed by atoms with van der Waals surface area (Å²) in [6.07, 6.45) is 5.82. The first kappa shape index (κ1) is 16.0. The summed E-state index contributed by atoms with van der Waals surface area (Å²) < 4.78 is 0. The molecule has 1 aromatic carbocycles. The van der Waals surface area contributed by atoms with Crippen molar-refractivity contribution in [2.75, 3.05) is 6.54 Å². The average Bonchev–Trinajstić information content (AvgIpc) is 3.03. The molecule has 2 fully saturated rings. The van der Waals surface area contributed by atoms with E-state index in [0.717, 1.165) is 38.6 Å². The van der Waals surface area contributed by atoms with E-state index in [9.17, 15) is 9.59 Å². The first-order chi connectivity index (χ1) is 11.1. The van der Waals surface area contributed by atoms with Gasteiger partial charge in [0.2, 0.25) is 5.91 Å². The van der Waals surface area contributed by atoms with E-state index in [-0.39, 0.29) is 17.7 Å². The molecular formula is C19H25NO3. The summed E-state index contributed by atoms with van der Waals surface area (Å²) in [4.78, 5) is 26.0. The van der Waals surface area contributed by atoms with Gasteiger partial charge < -0.3 is 10.0 Å². The lowest BCUT2D eigenvalue weighted by atomic mass is 9.81. The molecule has 1 N–H and O–H groups in total. The summed E-state index contributed by atoms with van der Waals surface area (Å²) in [6, 6.07) is 10.7. The minimum absolute atomic E-state index is 0.0296. The van der Waals surface area contributed by atoms with Crippen LogP contribution >= 0.6 is 0 Å². The number of carbonyl (C=O) groups excluding carboxylic acids is 1. The summed E-state index contributed by atoms with van der Waals surface area (Å²) in [5.41, 5.74) is 1.28. The molecule has 1 amide bonds. The van der Waals surface area contributed by atoms with Crippen molar-refractivity contribution in [3.05, 3.63) is 35.9 Å². The van der Waals surface area contributed by atoms with E-state index >= 15 is 0 Å². The predicted octanol–water partition coefficient (Wildman–Crippen LogP) is 3.11. The first-order valence-electron chi connectivity index (χ1n) is 8.72. The number of carbonyl (C=O) groups is 2. The highest BCUT2D eigenvalue weighted by atomic mass is 16.4. The molecule has 0 spiro atoms. The molecular weight excluding hydrogens is 290 g/mol. The van der Waals surface area contributed by atoms with Crippen LogP contribution in [0.1, 0.15) is 44.1 Å². The maximum atomic E-state index is 12.9. The maximum Gasteiger partial charge on any atom is 0.306 e. The molecule has 4 heteroatoms. The fourth-order valence-corrected chi connectivity index (χ4v) is 4.05. The van der Waals surface area contributed by atoms with Gasteiger partial charge in [-0.1, -0.05) is 30.3 Å². The molecule has 1 saturated carbocycles. The van der Waals surface area contributed by atoms with Crippen molar-refractivity contribution >= 4 is 11.9 Å². The van der Waals surface area contributed by atoms with E-state index in [1.165, 1.54) is 5.56 Å². The van der Waals surface area contributed by atoms with Crippen LogP contribution < -0.4 is 0 Å². The second kappa shape index (κ2) is 7.16. The number of amides is 1. The highest BCUT2D eigenvalue weighted by molar-refractivity contribution is 5.80. The smallest absolute Gasteiger partial charge is 0.306 e. The quantitative estimate of drug-likeness (QED) is 0.929. The standard InChI is InChI=1S/C19H25NO3/c21-18(15-8-10-16(11-9-15)19(22)23)20-12-4-7-17(20)13-14-5-2-1-3-6-14/h1-3,5-6,15-17H,4,7-13H2,(H,22,23). The van der Waals surface area contributed by atoms with Crippen LogP contribution in [-0.4, -0.2) is 34.5 Å². The van der Waals surface area contributed by atoms with Crippen LogP contribution in [0.15, 0.2) is 30.3 Å². The van der Waals surface area contributed by atoms with E-state index in [0.29, 0.717) is 18.9 Å². The molecule has 0 radical (unpaired) electrons. The average molecular weight is 315 g/mol. The molecule has 0 aromatic heterocycles. The number of nitrogens with zero attached hydrogens (tertiary/aromatic N) is 1. The lowest BCUT2D eigenvalue weighted by Crippen LogP contribution is -2.42. The highest BCUT2D eigenvalue weighted by Gasteiger charge is 2.36. The van der Waals surface area contributed by atoms with Crippen molar-refractivity contribution in [1.29, 1.82) is 0 Å². The molecule has 23 heavy (non-hydrogen) atoms. The van der Waals surface area contributed by atoms with Gasteiger partial charge in [-0.15, -0.1) is 0 Å². The van der Waals surface area contributed by atoms with Gasteiger partial charge in [0.05, 0.1) is 5.92 Å². The molecule has 1 aromatic rings. The Kier molecular flexibility index (Phi) is 4.99. The van der Waals surface area contributed by atoms with Gasteiger partial charge in [-0.05, 0) is 50.5 Å². The zero-order chi connectivity index (χ0) is 16.2. The summed E-state index contributed by atoms with van der Waals surface area (Å²) in [7, 11) is 0. The number of carboxylic acid groups (broad SMARTS) is 1. The van der Waals surface area contributed by atoms with Gasteiger partial charge in [0, 0.05) is 18.5 Å². The van der Waals surface area contributed by atoms with Crippen molar-refractivity contribution in [3.8, 4) is 0 Å². The van der Waals surface area contributed by atoms with Crippen LogP contribution in [-0.2, 0) is 16.0 Å². The number of hydrogen-bond acceptors (Lipinski definition) is 2. The molecule has 1 unspecified atom stereocenters. The summed E-state index contributed by atoms with van der Waals surface area (Å²) in [5, 5.41) is 9.09. The number of carboxylic acids is 1. The third kappa shape index (κ3) is 3.74. The summed E-state index contributed by atoms with van der Waals surface area (Å²) in [6.45, 7) is 0.856. The minimum Gasteiger partial charge on any atom is -0.481 e. The second-order valence-electron chi connectivity index (χ2n) is 6.90. The number of hydrogen-bond donors (Lipinski definition) is 1. The fraction of sp³-hybridized carbons (Fsp3) is 0.579. The van der Waals surface area contributed by atoms with Crippen LogP contribution in [0.2, 0.25) is 0 Å². The Bertz CT molecular complexity index is 549. The Morgan fingerprint density at radius 3 is 2.30 bits per heavy atom. The molecule has 0 bridgehead atoms. The normalized spacial score (nSPS) is 27.8. The summed E-state index contributed by atoms with van der Waals surface area (Å²) >= 11 is 0. The Hall–Kier alpha value is -1.84. The lowest BCUT2D eigenvalue weighted by molar-refractivity contribution is -0.146. The zero-order valence-corrected chi connectivity index (χ0v) is 13.5. The van der Waals surface area contributed by atoms with Gasteiger partial charge in [-0.3, -0.25) is 9.59 Å². The van der Waals surface area contributed by atoms with Crippen LogP contribution in [0, 0.1) is 11.8 Å². The molecule has 1 saturated heterocycles. The molecule has 1 aliphatic heterocycles. The van der Waals surface area contributed by atoms with E-state index in [1.54, 1.807) is 0 Å². The molecule has 2 aliphatic rings. The van der Waals surface area contributed by atoms with Crippen molar-refractivity contribution in [3.63, 3.8) is 0 Å². The van der Waals surface area contributed by atoms with Crippen LogP contribution in [0.3, 0.4) is 0 Å². The largest absolute Gasteiger partial charge is 0.481 e. The van der Waals surface area contributed by atoms with Crippen molar-refractivity contribution in [2.45, 2.75) is 51.0 Å². The minimum atomic E-state index is -0.709. The van der Waals surface area contributed by atoms with Gasteiger partial charge in [0.1, 0.15) is 0 Å². The number of aliphatic carboxylic acids is 1. The van der Waals surface area contributed by atoms with Gasteiger partial charge in [0.25, 0.3) is 0 Å². The van der Waals surface area contributed by atoms with Crippen LogP contribution in [0.5, 0.6) is 0 Å². The second-order valence-corrected chi connectivity index (χ2v) is 6.90. The Balaban J connectivity index is 1.59. The molecule has 4 nitrogen and oxygen atoms in total. The maximum absolute atomic E-state index is 12.9. The van der Waals surface area contributed by atoms with E-state index in [4.69, 9.17) is 5.11 Å². The van der Waals surface area contributed by atoms with E-state index in [2.05, 4.69) is 17.0 Å². The third-order valence-electron chi connectivity index (χ3n) is 5.40. The topological polar surface area (TPSA) is 57.6 Å². The third-order valence-corrected chi connectivity index (χ3v) is 5.40. The van der Waals surface area contributed by atoms with Crippen LogP contribution in [0.25, 0.3) is 0 Å². The molecule has 1 heterocycles. The summed E-state index contributed by atoms with van der Waals surface area (Å²) in [5.74, 6) is -0.675. The number of rotatable bonds is 4. The van der Waals surface area contributed by atoms with Crippen molar-refractivity contribution in [2.24, 2.45) is 11.8 Å². The molecule has 1 atom stereocenters. The lowest BCUT2D eigenvalue weighted by Gasteiger charge is -2.32. The van der Waals surface area contributed by atoms with Gasteiger partial charge in [0.15, 0.2) is 0 Å². The van der Waals surface area contributed by atoms with Gasteiger partial charge >= 0.3 is 5.97 Å².